The van der Waals surface area contributed by atoms with Gasteiger partial charge in [-0.2, -0.15) is 0 Å². The van der Waals surface area contributed by atoms with Gasteiger partial charge in [0.2, 0.25) is 5.91 Å². The molecule has 2 aromatic rings. The highest BCUT2D eigenvalue weighted by atomic mass is 16.6. The maximum Gasteiger partial charge on any atom is 0.411 e. The maximum atomic E-state index is 13.7. The summed E-state index contributed by atoms with van der Waals surface area (Å²) < 4.78 is 10.8. The second kappa shape index (κ2) is 14.5. The standard InChI is InChI=1S/C31H39N3O8/c1-21(27(36)33-17-11-16-25(33)28(37)38)34(30(40)41-20-23-14-9-6-10-15-23)19-26(35)24(18-22-12-7-5-8-13-22)32-29(39)42-31(2,3)4/h5-10,12-15,21,24-25H,11,16-20H2,1-4H3,(H,32,39)(H,37,38)/t21-,24-,25-/m0/s1. The normalized spacial score (nSPS) is 16.2. The highest BCUT2D eigenvalue weighted by molar-refractivity contribution is 5.94. The van der Waals surface area contributed by atoms with Crippen molar-refractivity contribution >= 4 is 29.8 Å². The first-order valence-corrected chi connectivity index (χ1v) is 13.9. The minimum absolute atomic E-state index is 0.101. The number of aliphatic carboxylic acids is 1. The minimum Gasteiger partial charge on any atom is -0.480 e. The number of nitrogens with one attached hydrogen (secondary N) is 1. The van der Waals surface area contributed by atoms with E-state index in [0.29, 0.717) is 18.4 Å². The third-order valence-electron chi connectivity index (χ3n) is 6.77. The van der Waals surface area contributed by atoms with Crippen LogP contribution in [0.2, 0.25) is 0 Å². The Hall–Kier alpha value is -4.41. The van der Waals surface area contributed by atoms with E-state index in [0.717, 1.165) is 10.5 Å². The number of ketones is 1. The highest BCUT2D eigenvalue weighted by Crippen LogP contribution is 2.21. The zero-order valence-electron chi connectivity index (χ0n) is 24.4. The Bertz CT molecular complexity index is 1250. The molecule has 2 aromatic carbocycles. The van der Waals surface area contributed by atoms with Gasteiger partial charge in [0, 0.05) is 6.54 Å². The van der Waals surface area contributed by atoms with Gasteiger partial charge in [-0.1, -0.05) is 60.7 Å². The van der Waals surface area contributed by atoms with Crippen LogP contribution >= 0.6 is 0 Å². The van der Waals surface area contributed by atoms with E-state index in [1.165, 1.54) is 11.8 Å². The Morgan fingerprint density at radius 3 is 2.17 bits per heavy atom. The minimum atomic E-state index is -1.21. The molecule has 226 valence electrons. The molecule has 1 saturated heterocycles. The van der Waals surface area contributed by atoms with Crippen LogP contribution in [0.25, 0.3) is 0 Å². The van der Waals surface area contributed by atoms with Crippen LogP contribution in [0.15, 0.2) is 60.7 Å². The van der Waals surface area contributed by atoms with Gasteiger partial charge in [0.1, 0.15) is 24.3 Å². The van der Waals surface area contributed by atoms with E-state index in [1.807, 2.05) is 12.1 Å². The van der Waals surface area contributed by atoms with Crippen molar-refractivity contribution in [2.45, 2.75) is 77.3 Å². The van der Waals surface area contributed by atoms with E-state index in [-0.39, 0.29) is 19.6 Å². The van der Waals surface area contributed by atoms with Gasteiger partial charge in [-0.3, -0.25) is 14.5 Å². The van der Waals surface area contributed by atoms with Gasteiger partial charge in [0.25, 0.3) is 0 Å². The van der Waals surface area contributed by atoms with Crippen LogP contribution < -0.4 is 5.32 Å². The molecule has 1 aliphatic heterocycles. The molecule has 42 heavy (non-hydrogen) atoms. The quantitative estimate of drug-likeness (QED) is 0.408. The first-order chi connectivity index (χ1) is 19.9. The van der Waals surface area contributed by atoms with Crippen molar-refractivity contribution in [3.8, 4) is 0 Å². The number of alkyl carbamates (subject to hydrolysis) is 1. The number of carboxylic acid groups (broad SMARTS) is 1. The Morgan fingerprint density at radius 1 is 1.00 bits per heavy atom. The number of hydrogen-bond donors (Lipinski definition) is 2. The monoisotopic (exact) mass is 581 g/mol. The fourth-order valence-electron chi connectivity index (χ4n) is 4.65. The summed E-state index contributed by atoms with van der Waals surface area (Å²) in [5, 5.41) is 12.2. The van der Waals surface area contributed by atoms with Crippen molar-refractivity contribution < 1.29 is 38.6 Å². The largest absolute Gasteiger partial charge is 0.480 e. The molecule has 0 saturated carbocycles. The molecule has 1 heterocycles. The average Bonchev–Trinajstić information content (AvgIpc) is 3.44. The first kappa shape index (κ1) is 32.1. The molecule has 0 radical (unpaired) electrons. The molecule has 0 unspecified atom stereocenters. The molecule has 1 aliphatic rings. The summed E-state index contributed by atoms with van der Waals surface area (Å²) in [4.78, 5) is 67.2. The summed E-state index contributed by atoms with van der Waals surface area (Å²) >= 11 is 0. The van der Waals surface area contributed by atoms with E-state index in [4.69, 9.17) is 9.47 Å². The summed E-state index contributed by atoms with van der Waals surface area (Å²) in [6.45, 7) is 6.07. The highest BCUT2D eigenvalue weighted by Gasteiger charge is 2.40. The van der Waals surface area contributed by atoms with E-state index in [9.17, 15) is 29.1 Å². The summed E-state index contributed by atoms with van der Waals surface area (Å²) in [6, 6.07) is 14.6. The van der Waals surface area contributed by atoms with Crippen LogP contribution in [0.4, 0.5) is 9.59 Å². The topological polar surface area (TPSA) is 143 Å². The maximum absolute atomic E-state index is 13.7. The molecule has 3 rings (SSSR count). The number of carbonyl (C=O) groups is 5. The summed E-state index contributed by atoms with van der Waals surface area (Å²) in [5.41, 5.74) is 0.653. The Labute approximate surface area is 245 Å². The molecule has 2 N–H and O–H groups in total. The molecule has 11 nitrogen and oxygen atoms in total. The van der Waals surface area contributed by atoms with Crippen molar-refractivity contribution in [1.82, 2.24) is 15.1 Å². The van der Waals surface area contributed by atoms with Gasteiger partial charge in [-0.15, -0.1) is 0 Å². The lowest BCUT2D eigenvalue weighted by Gasteiger charge is -2.32. The number of hydrogen-bond acceptors (Lipinski definition) is 7. The van der Waals surface area contributed by atoms with Gasteiger partial charge < -0.3 is 24.8 Å². The van der Waals surface area contributed by atoms with Crippen LogP contribution in [0.3, 0.4) is 0 Å². The van der Waals surface area contributed by atoms with Crippen molar-refractivity contribution in [2.24, 2.45) is 0 Å². The summed E-state index contributed by atoms with van der Waals surface area (Å²) in [6.07, 6.45) is -0.813. The molecule has 0 aromatic heterocycles. The Balaban J connectivity index is 1.86. The summed E-state index contributed by atoms with van der Waals surface area (Å²) in [7, 11) is 0. The number of carbonyl (C=O) groups excluding carboxylic acids is 4. The van der Waals surface area contributed by atoms with Crippen LogP contribution in [0.1, 0.15) is 51.7 Å². The smallest absolute Gasteiger partial charge is 0.411 e. The molecule has 1 fully saturated rings. The zero-order valence-corrected chi connectivity index (χ0v) is 24.4. The van der Waals surface area contributed by atoms with Gasteiger partial charge in [0.15, 0.2) is 5.78 Å². The fraction of sp³-hybridized carbons (Fsp3) is 0.452. The molecule has 3 atom stereocenters. The second-order valence-corrected chi connectivity index (χ2v) is 11.2. The van der Waals surface area contributed by atoms with Gasteiger partial charge >= 0.3 is 18.2 Å². The number of carboxylic acids is 1. The molecule has 0 bridgehead atoms. The second-order valence-electron chi connectivity index (χ2n) is 11.2. The van der Waals surface area contributed by atoms with E-state index in [1.54, 1.807) is 69.3 Å². The number of nitrogens with zero attached hydrogens (tertiary/aromatic N) is 2. The first-order valence-electron chi connectivity index (χ1n) is 13.9. The van der Waals surface area contributed by atoms with E-state index in [2.05, 4.69) is 5.32 Å². The number of rotatable bonds is 11. The lowest BCUT2D eigenvalue weighted by atomic mass is 10.0. The number of likely N-dealkylation sites (tertiary alicyclic amines) is 1. The van der Waals surface area contributed by atoms with E-state index < -0.39 is 60.1 Å². The van der Waals surface area contributed by atoms with E-state index >= 15 is 0 Å². The predicted molar refractivity (Wildman–Crippen MR) is 153 cm³/mol. The lowest BCUT2D eigenvalue weighted by Crippen LogP contribution is -2.55. The SMILES string of the molecule is C[C@@H](C(=O)N1CCC[C@H]1C(=O)O)N(CC(=O)[C@H](Cc1ccccc1)NC(=O)OC(C)(C)C)C(=O)OCc1ccccc1. The number of benzene rings is 2. The average molecular weight is 582 g/mol. The van der Waals surface area contributed by atoms with Gasteiger partial charge in [-0.05, 0) is 58.1 Å². The number of amides is 3. The lowest BCUT2D eigenvalue weighted by molar-refractivity contribution is -0.150. The van der Waals surface area contributed by atoms with Crippen LogP contribution in [-0.2, 0) is 36.9 Å². The number of ether oxygens (including phenoxy) is 2. The summed E-state index contributed by atoms with van der Waals surface area (Å²) in [5.74, 6) is -2.30. The van der Waals surface area contributed by atoms with Crippen molar-refractivity contribution in [3.63, 3.8) is 0 Å². The molecule has 11 heteroatoms. The molecule has 0 spiro atoms. The fourth-order valence-corrected chi connectivity index (χ4v) is 4.65. The predicted octanol–water partition coefficient (Wildman–Crippen LogP) is 3.79. The molecule has 3 amide bonds. The van der Waals surface area contributed by atoms with Crippen molar-refractivity contribution in [3.05, 3.63) is 71.8 Å². The Kier molecular flexibility index (Phi) is 11.1. The number of Topliss-reactive ketones (excluding diaryl/α,β-unsaturated/α-hetero) is 1. The van der Waals surface area contributed by atoms with Gasteiger partial charge in [0.05, 0.1) is 12.6 Å². The van der Waals surface area contributed by atoms with Crippen molar-refractivity contribution in [1.29, 1.82) is 0 Å². The Morgan fingerprint density at radius 2 is 1.60 bits per heavy atom. The molecular weight excluding hydrogens is 542 g/mol. The van der Waals surface area contributed by atoms with Crippen molar-refractivity contribution in [2.75, 3.05) is 13.1 Å². The van der Waals surface area contributed by atoms with Crippen LogP contribution in [0.5, 0.6) is 0 Å². The van der Waals surface area contributed by atoms with Crippen LogP contribution in [0, 0.1) is 0 Å². The van der Waals surface area contributed by atoms with Gasteiger partial charge in [-0.25, -0.2) is 14.4 Å². The molecular formula is C31H39N3O8. The van der Waals surface area contributed by atoms with Crippen LogP contribution in [-0.4, -0.2) is 81.6 Å². The molecule has 0 aliphatic carbocycles. The zero-order chi connectivity index (χ0) is 30.9. The third kappa shape index (κ3) is 9.32. The third-order valence-corrected chi connectivity index (χ3v) is 6.77.